The highest BCUT2D eigenvalue weighted by Crippen LogP contribution is 2.41. The minimum absolute atomic E-state index is 0.106. The van der Waals surface area contributed by atoms with Crippen LogP contribution in [0.4, 0.5) is 0 Å². The van der Waals surface area contributed by atoms with E-state index in [2.05, 4.69) is 17.2 Å². The molecule has 1 aromatic heterocycles. The van der Waals surface area contributed by atoms with E-state index in [1.54, 1.807) is 12.4 Å². The summed E-state index contributed by atoms with van der Waals surface area (Å²) in [5.41, 5.74) is 0.799. The average Bonchev–Trinajstić information content (AvgIpc) is 3.08. The van der Waals surface area contributed by atoms with Gasteiger partial charge in [-0.2, -0.15) is 0 Å². The van der Waals surface area contributed by atoms with Crippen LogP contribution in [0, 0.1) is 11.8 Å². The molecule has 1 N–H and O–H groups in total. The van der Waals surface area contributed by atoms with Gasteiger partial charge in [-0.3, -0.25) is 14.6 Å². The Hall–Kier alpha value is -1.87. The number of ether oxygens (including phenoxy) is 4. The molecule has 8 nitrogen and oxygen atoms in total. The van der Waals surface area contributed by atoms with Crippen LogP contribution in [0.1, 0.15) is 58.9 Å². The van der Waals surface area contributed by atoms with Gasteiger partial charge in [-0.1, -0.05) is 13.0 Å². The van der Waals surface area contributed by atoms with E-state index < -0.39 is 0 Å². The summed E-state index contributed by atoms with van der Waals surface area (Å²) in [5, 5.41) is 2.91. The lowest BCUT2D eigenvalue weighted by molar-refractivity contribution is -0.127. The topological polar surface area (TPSA) is 96.0 Å². The molecule has 1 heterocycles. The summed E-state index contributed by atoms with van der Waals surface area (Å²) < 4.78 is 22.4. The Kier molecular flexibility index (Phi) is 12.1. The molecule has 1 saturated carbocycles. The standard InChI is InChI=1S/C26H42N2O6/c1-19(34-26(3,4)5)8-11-31-13-15-33-16-14-32-12-10-28-25(30)22-17-23(29)20(2)24(22)21-7-6-9-27-18-21/h6-7,9,18-20,22,24H,8,10-17H2,1-5H3,(H,28,30)/t19-,20?,22+,24-/m1/s1. The van der Waals surface area contributed by atoms with Gasteiger partial charge in [0.1, 0.15) is 5.78 Å². The molecule has 0 bridgehead atoms. The third kappa shape index (κ3) is 10.2. The molecule has 8 heteroatoms. The van der Waals surface area contributed by atoms with E-state index in [9.17, 15) is 9.59 Å². The molecule has 0 saturated heterocycles. The minimum atomic E-state index is -0.363. The molecule has 1 aliphatic carbocycles. The lowest BCUT2D eigenvalue weighted by Gasteiger charge is -2.25. The van der Waals surface area contributed by atoms with Gasteiger partial charge in [0.25, 0.3) is 0 Å². The van der Waals surface area contributed by atoms with Gasteiger partial charge < -0.3 is 24.3 Å². The number of hydrogen-bond acceptors (Lipinski definition) is 7. The molecule has 1 unspecified atom stereocenters. The molecule has 2 rings (SSSR count). The Morgan fingerprint density at radius 1 is 1.12 bits per heavy atom. The number of rotatable bonds is 15. The third-order valence-corrected chi connectivity index (χ3v) is 5.82. The van der Waals surface area contributed by atoms with Crippen LogP contribution >= 0.6 is 0 Å². The van der Waals surface area contributed by atoms with Gasteiger partial charge in [-0.05, 0) is 45.7 Å². The van der Waals surface area contributed by atoms with Crippen LogP contribution in [-0.4, -0.2) is 74.6 Å². The van der Waals surface area contributed by atoms with Gasteiger partial charge >= 0.3 is 0 Å². The SMILES string of the molecule is CC1C(=O)C[C@H](C(=O)NCCOCCOCCOCC[C@@H](C)OC(C)(C)C)[C@H]1c1cccnc1. The second kappa shape index (κ2) is 14.5. The van der Waals surface area contributed by atoms with Gasteiger partial charge in [-0.25, -0.2) is 0 Å². The maximum atomic E-state index is 12.7. The van der Waals surface area contributed by atoms with Crippen LogP contribution in [-0.2, 0) is 28.5 Å². The third-order valence-electron chi connectivity index (χ3n) is 5.82. The maximum absolute atomic E-state index is 12.7. The second-order valence-corrected chi connectivity index (χ2v) is 9.84. The van der Waals surface area contributed by atoms with Gasteiger partial charge in [-0.15, -0.1) is 0 Å². The molecule has 1 amide bonds. The number of ketones is 1. The van der Waals surface area contributed by atoms with Crippen molar-refractivity contribution in [3.8, 4) is 0 Å². The van der Waals surface area contributed by atoms with Crippen molar-refractivity contribution in [3.63, 3.8) is 0 Å². The molecular formula is C26H42N2O6. The van der Waals surface area contributed by atoms with Crippen molar-refractivity contribution in [2.75, 3.05) is 46.2 Å². The number of carbonyl (C=O) groups is 2. The summed E-state index contributed by atoms with van der Waals surface area (Å²) in [4.78, 5) is 29.1. The van der Waals surface area contributed by atoms with E-state index in [1.807, 2.05) is 39.8 Å². The van der Waals surface area contributed by atoms with Crippen molar-refractivity contribution in [2.24, 2.45) is 11.8 Å². The van der Waals surface area contributed by atoms with E-state index >= 15 is 0 Å². The summed E-state index contributed by atoms with van der Waals surface area (Å²) in [7, 11) is 0. The molecule has 0 spiro atoms. The minimum Gasteiger partial charge on any atom is -0.379 e. The van der Waals surface area contributed by atoms with E-state index in [0.717, 1.165) is 12.0 Å². The lowest BCUT2D eigenvalue weighted by atomic mass is 9.84. The van der Waals surface area contributed by atoms with Gasteiger partial charge in [0.05, 0.1) is 50.7 Å². The number of aromatic nitrogens is 1. The molecule has 0 radical (unpaired) electrons. The molecule has 1 aliphatic rings. The average molecular weight is 479 g/mol. The molecule has 0 aliphatic heterocycles. The van der Waals surface area contributed by atoms with E-state index in [4.69, 9.17) is 18.9 Å². The fourth-order valence-corrected chi connectivity index (χ4v) is 4.26. The maximum Gasteiger partial charge on any atom is 0.224 e. The zero-order valence-corrected chi connectivity index (χ0v) is 21.4. The Bertz CT molecular complexity index is 737. The van der Waals surface area contributed by atoms with E-state index in [0.29, 0.717) is 46.2 Å². The summed E-state index contributed by atoms with van der Waals surface area (Å²) in [6, 6.07) is 3.77. The van der Waals surface area contributed by atoms with Crippen molar-refractivity contribution in [2.45, 2.75) is 65.1 Å². The molecule has 34 heavy (non-hydrogen) atoms. The fraction of sp³-hybridized carbons (Fsp3) is 0.731. The van der Waals surface area contributed by atoms with Crippen molar-refractivity contribution in [1.82, 2.24) is 10.3 Å². The summed E-state index contributed by atoms with van der Waals surface area (Å²) >= 11 is 0. The zero-order valence-electron chi connectivity index (χ0n) is 21.4. The zero-order chi connectivity index (χ0) is 25.0. The number of nitrogens with zero attached hydrogens (tertiary/aromatic N) is 1. The van der Waals surface area contributed by atoms with Crippen molar-refractivity contribution < 1.29 is 28.5 Å². The smallest absolute Gasteiger partial charge is 0.224 e. The second-order valence-electron chi connectivity index (χ2n) is 9.84. The lowest BCUT2D eigenvalue weighted by Crippen LogP contribution is -2.35. The van der Waals surface area contributed by atoms with Gasteiger partial charge in [0, 0.05) is 43.8 Å². The van der Waals surface area contributed by atoms with Crippen LogP contribution in [0.15, 0.2) is 24.5 Å². The molecule has 192 valence electrons. The molecular weight excluding hydrogens is 436 g/mol. The molecule has 1 fully saturated rings. The summed E-state index contributed by atoms with van der Waals surface area (Å²) in [6.07, 6.45) is 4.72. The number of amides is 1. The fourth-order valence-electron chi connectivity index (χ4n) is 4.26. The summed E-state index contributed by atoms with van der Waals surface area (Å²) in [5.74, 6) is -0.660. The Morgan fingerprint density at radius 2 is 1.76 bits per heavy atom. The van der Waals surface area contributed by atoms with Gasteiger partial charge in [0.2, 0.25) is 5.91 Å². The first-order chi connectivity index (χ1) is 16.2. The van der Waals surface area contributed by atoms with Crippen LogP contribution in [0.2, 0.25) is 0 Å². The molecule has 0 aromatic carbocycles. The first-order valence-electron chi connectivity index (χ1n) is 12.3. The quantitative estimate of drug-likeness (QED) is 0.387. The van der Waals surface area contributed by atoms with Crippen LogP contribution in [0.25, 0.3) is 0 Å². The van der Waals surface area contributed by atoms with E-state index in [-0.39, 0.29) is 47.6 Å². The molecule has 1 aromatic rings. The number of Topliss-reactive ketones (excluding diaryl/α,β-unsaturated/α-hetero) is 1. The highest BCUT2D eigenvalue weighted by molar-refractivity contribution is 5.93. The van der Waals surface area contributed by atoms with Crippen molar-refractivity contribution in [1.29, 1.82) is 0 Å². The highest BCUT2D eigenvalue weighted by atomic mass is 16.5. The van der Waals surface area contributed by atoms with Crippen molar-refractivity contribution in [3.05, 3.63) is 30.1 Å². The van der Waals surface area contributed by atoms with Crippen LogP contribution in [0.3, 0.4) is 0 Å². The number of nitrogens with one attached hydrogen (secondary N) is 1. The predicted octanol–water partition coefficient (Wildman–Crippen LogP) is 3.15. The first kappa shape index (κ1) is 28.4. The number of pyridine rings is 1. The highest BCUT2D eigenvalue weighted by Gasteiger charge is 2.44. The van der Waals surface area contributed by atoms with Crippen LogP contribution < -0.4 is 5.32 Å². The Morgan fingerprint density at radius 3 is 2.38 bits per heavy atom. The predicted molar refractivity (Wildman–Crippen MR) is 130 cm³/mol. The monoisotopic (exact) mass is 478 g/mol. The Balaban J connectivity index is 1.50. The van der Waals surface area contributed by atoms with Crippen molar-refractivity contribution >= 4 is 11.7 Å². The normalized spacial score (nSPS) is 21.6. The largest absolute Gasteiger partial charge is 0.379 e. The van der Waals surface area contributed by atoms with E-state index in [1.165, 1.54) is 0 Å². The Labute approximate surface area is 204 Å². The van der Waals surface area contributed by atoms with Crippen LogP contribution in [0.5, 0.6) is 0 Å². The van der Waals surface area contributed by atoms with Gasteiger partial charge in [0.15, 0.2) is 0 Å². The summed E-state index contributed by atoms with van der Waals surface area (Å²) in [6.45, 7) is 13.5. The number of hydrogen-bond donors (Lipinski definition) is 1. The number of carbonyl (C=O) groups excluding carboxylic acids is 2. The first-order valence-corrected chi connectivity index (χ1v) is 12.3. The molecule has 4 atom stereocenters.